The van der Waals surface area contributed by atoms with Gasteiger partial charge in [-0.25, -0.2) is 14.4 Å². The summed E-state index contributed by atoms with van der Waals surface area (Å²) in [5.74, 6) is 0.993. The van der Waals surface area contributed by atoms with Crippen molar-refractivity contribution >= 4 is 33.4 Å². The van der Waals surface area contributed by atoms with Gasteiger partial charge in [0.15, 0.2) is 14.7 Å². The first-order chi connectivity index (χ1) is 14.5. The molecule has 30 heavy (non-hydrogen) atoms. The number of ether oxygens (including phenoxy) is 2. The molecule has 6 nitrogen and oxygen atoms in total. The maximum absolute atomic E-state index is 14.6. The number of hydrogen-bond acceptors (Lipinski definition) is 7. The maximum atomic E-state index is 14.6. The molecule has 2 aromatic heterocycles. The third kappa shape index (κ3) is 3.66. The Labute approximate surface area is 180 Å². The first kappa shape index (κ1) is 20.4. The van der Waals surface area contributed by atoms with Crippen molar-refractivity contribution in [3.8, 4) is 22.9 Å². The first-order valence-corrected chi connectivity index (χ1v) is 11.0. The van der Waals surface area contributed by atoms with Crippen LogP contribution in [0, 0.1) is 5.82 Å². The van der Waals surface area contributed by atoms with E-state index >= 15 is 0 Å². The van der Waals surface area contributed by atoms with Crippen LogP contribution in [0.4, 0.5) is 4.39 Å². The average molecular weight is 444 g/mol. The molecule has 0 aliphatic rings. The van der Waals surface area contributed by atoms with Crippen molar-refractivity contribution < 1.29 is 13.9 Å². The molecule has 0 spiro atoms. The van der Waals surface area contributed by atoms with E-state index in [4.69, 9.17) is 9.47 Å². The number of thioether (sulfide) groups is 1. The average Bonchev–Trinajstić information content (AvgIpc) is 3.20. The third-order valence-electron chi connectivity index (χ3n) is 4.61. The highest BCUT2D eigenvalue weighted by Gasteiger charge is 2.20. The molecule has 4 rings (SSSR count). The van der Waals surface area contributed by atoms with E-state index in [1.54, 1.807) is 44.6 Å². The van der Waals surface area contributed by atoms with Crippen molar-refractivity contribution in [2.75, 3.05) is 20.5 Å². The van der Waals surface area contributed by atoms with Gasteiger partial charge in [0.2, 0.25) is 0 Å². The van der Waals surface area contributed by atoms with E-state index in [2.05, 4.69) is 9.97 Å². The molecule has 0 saturated heterocycles. The highest BCUT2D eigenvalue weighted by molar-refractivity contribution is 8.00. The molecule has 0 amide bonds. The monoisotopic (exact) mass is 443 g/mol. The zero-order valence-corrected chi connectivity index (χ0v) is 18.1. The van der Waals surface area contributed by atoms with Gasteiger partial charge in [0.05, 0.1) is 26.3 Å². The van der Waals surface area contributed by atoms with Gasteiger partial charge in [-0.05, 0) is 30.5 Å². The van der Waals surface area contributed by atoms with Crippen molar-refractivity contribution in [2.24, 2.45) is 0 Å². The summed E-state index contributed by atoms with van der Waals surface area (Å²) in [6.07, 6.45) is 1.89. The van der Waals surface area contributed by atoms with E-state index in [9.17, 15) is 9.18 Å². The van der Waals surface area contributed by atoms with Gasteiger partial charge in [0.1, 0.15) is 23.1 Å². The molecule has 2 heterocycles. The van der Waals surface area contributed by atoms with Crippen LogP contribution in [0.1, 0.15) is 5.56 Å². The highest BCUT2D eigenvalue weighted by atomic mass is 32.2. The first-order valence-electron chi connectivity index (χ1n) is 8.97. The molecule has 0 aliphatic carbocycles. The third-order valence-corrected chi connectivity index (χ3v) is 6.55. The molecule has 0 unspecified atom stereocenters. The fourth-order valence-electron chi connectivity index (χ4n) is 3.12. The maximum Gasteiger partial charge on any atom is 0.281 e. The number of fused-ring (bicyclic) bond motifs is 1. The Balaban J connectivity index is 1.96. The summed E-state index contributed by atoms with van der Waals surface area (Å²) in [5, 5.41) is 0. The Morgan fingerprint density at radius 1 is 1.13 bits per heavy atom. The summed E-state index contributed by atoms with van der Waals surface area (Å²) < 4.78 is 27.5. The van der Waals surface area contributed by atoms with Crippen LogP contribution >= 0.6 is 23.1 Å². The molecule has 9 heteroatoms. The minimum absolute atomic E-state index is 0.144. The predicted molar refractivity (Wildman–Crippen MR) is 117 cm³/mol. The molecule has 0 saturated carbocycles. The van der Waals surface area contributed by atoms with Crippen LogP contribution in [-0.2, 0) is 6.54 Å². The molecule has 4 aromatic rings. The summed E-state index contributed by atoms with van der Waals surface area (Å²) in [6.45, 7) is 0.144. The standard InChI is InChI=1S/C21H18FN3O3S2/c1-27-13-9-8-12(16(10-13)28-2)11-25-18(14-6-4-5-7-15(14)22)24-19-17(20(25)26)23-21(29-3)30-19/h4-10H,11H2,1-3H3. The summed E-state index contributed by atoms with van der Waals surface area (Å²) in [5.41, 5.74) is 0.937. The topological polar surface area (TPSA) is 66.2 Å². The molecule has 154 valence electrons. The second-order valence-electron chi connectivity index (χ2n) is 6.32. The molecule has 0 N–H and O–H groups in total. The van der Waals surface area contributed by atoms with Gasteiger partial charge in [-0.1, -0.05) is 35.2 Å². The number of nitrogens with zero attached hydrogens (tertiary/aromatic N) is 3. The normalized spacial score (nSPS) is 11.1. The van der Waals surface area contributed by atoms with Crippen molar-refractivity contribution in [1.29, 1.82) is 0 Å². The Morgan fingerprint density at radius 3 is 2.63 bits per heavy atom. The quantitative estimate of drug-likeness (QED) is 0.410. The lowest BCUT2D eigenvalue weighted by molar-refractivity contribution is 0.390. The molecule has 0 bridgehead atoms. The van der Waals surface area contributed by atoms with E-state index in [1.165, 1.54) is 33.7 Å². The SMILES string of the molecule is COc1ccc(Cn2c(-c3ccccc3F)nc3sc(SC)nc3c2=O)c(OC)c1. The molecule has 0 radical (unpaired) electrons. The Kier molecular flexibility index (Phi) is 5.74. The lowest BCUT2D eigenvalue weighted by atomic mass is 10.1. The number of aromatic nitrogens is 3. The number of halogens is 1. The minimum atomic E-state index is -0.450. The van der Waals surface area contributed by atoms with E-state index in [1.807, 2.05) is 12.3 Å². The van der Waals surface area contributed by atoms with E-state index < -0.39 is 5.82 Å². The number of thiazole rings is 1. The van der Waals surface area contributed by atoms with Gasteiger partial charge in [-0.15, -0.1) is 0 Å². The van der Waals surface area contributed by atoms with Gasteiger partial charge in [-0.2, -0.15) is 0 Å². The Hall–Kier alpha value is -2.91. The summed E-state index contributed by atoms with van der Waals surface area (Å²) in [7, 11) is 3.12. The number of methoxy groups -OCH3 is 2. The van der Waals surface area contributed by atoms with Crippen LogP contribution < -0.4 is 15.0 Å². The summed E-state index contributed by atoms with van der Waals surface area (Å²) in [6, 6.07) is 11.6. The zero-order valence-electron chi connectivity index (χ0n) is 16.5. The van der Waals surface area contributed by atoms with E-state index in [0.29, 0.717) is 16.3 Å². The van der Waals surface area contributed by atoms with Gasteiger partial charge >= 0.3 is 0 Å². The molecule has 0 fully saturated rings. The van der Waals surface area contributed by atoms with Gasteiger partial charge in [0, 0.05) is 11.6 Å². The van der Waals surface area contributed by atoms with Crippen LogP contribution in [0.5, 0.6) is 11.5 Å². The Bertz CT molecular complexity index is 1290. The molecule has 0 aliphatic heterocycles. The van der Waals surface area contributed by atoms with Crippen molar-refractivity contribution in [3.05, 3.63) is 64.2 Å². The highest BCUT2D eigenvalue weighted by Crippen LogP contribution is 2.30. The Morgan fingerprint density at radius 2 is 1.93 bits per heavy atom. The predicted octanol–water partition coefficient (Wildman–Crippen LogP) is 4.45. The van der Waals surface area contributed by atoms with Crippen LogP contribution in [0.2, 0.25) is 0 Å². The van der Waals surface area contributed by atoms with Crippen molar-refractivity contribution in [3.63, 3.8) is 0 Å². The van der Waals surface area contributed by atoms with E-state index in [-0.39, 0.29) is 29.0 Å². The van der Waals surface area contributed by atoms with Crippen LogP contribution in [0.3, 0.4) is 0 Å². The second kappa shape index (κ2) is 8.45. The van der Waals surface area contributed by atoms with Crippen LogP contribution in [-0.4, -0.2) is 35.0 Å². The number of rotatable bonds is 6. The minimum Gasteiger partial charge on any atom is -0.497 e. The molecular formula is C21H18FN3O3S2. The number of hydrogen-bond donors (Lipinski definition) is 0. The van der Waals surface area contributed by atoms with Gasteiger partial charge < -0.3 is 9.47 Å². The largest absolute Gasteiger partial charge is 0.497 e. The lowest BCUT2D eigenvalue weighted by Crippen LogP contribution is -2.24. The zero-order chi connectivity index (χ0) is 21.3. The van der Waals surface area contributed by atoms with Crippen molar-refractivity contribution in [2.45, 2.75) is 10.9 Å². The van der Waals surface area contributed by atoms with E-state index in [0.717, 1.165) is 9.90 Å². The van der Waals surface area contributed by atoms with Gasteiger partial charge in [-0.3, -0.25) is 9.36 Å². The molecular weight excluding hydrogens is 425 g/mol. The second-order valence-corrected chi connectivity index (χ2v) is 8.35. The fraction of sp³-hybridized carbons (Fsp3) is 0.190. The number of benzene rings is 2. The summed E-state index contributed by atoms with van der Waals surface area (Å²) in [4.78, 5) is 22.9. The van der Waals surface area contributed by atoms with Gasteiger partial charge in [0.25, 0.3) is 5.56 Å². The molecule has 0 atom stereocenters. The fourth-order valence-corrected chi connectivity index (χ4v) is 4.54. The summed E-state index contributed by atoms with van der Waals surface area (Å²) >= 11 is 2.76. The van der Waals surface area contributed by atoms with Crippen LogP contribution in [0.15, 0.2) is 51.6 Å². The van der Waals surface area contributed by atoms with Crippen LogP contribution in [0.25, 0.3) is 21.7 Å². The molecule has 2 aromatic carbocycles. The lowest BCUT2D eigenvalue weighted by Gasteiger charge is -2.15. The van der Waals surface area contributed by atoms with Crippen molar-refractivity contribution in [1.82, 2.24) is 14.5 Å². The smallest absolute Gasteiger partial charge is 0.281 e.